The Bertz CT molecular complexity index is 527. The summed E-state index contributed by atoms with van der Waals surface area (Å²) in [6.07, 6.45) is 3.74. The van der Waals surface area contributed by atoms with Crippen molar-refractivity contribution < 1.29 is 4.52 Å². The van der Waals surface area contributed by atoms with Gasteiger partial charge in [0.05, 0.1) is 0 Å². The number of benzene rings is 1. The fourth-order valence-electron chi connectivity index (χ4n) is 2.63. The van der Waals surface area contributed by atoms with Crippen LogP contribution in [0.25, 0.3) is 11.4 Å². The second-order valence-electron chi connectivity index (χ2n) is 5.23. The summed E-state index contributed by atoms with van der Waals surface area (Å²) in [4.78, 5) is 4.24. The number of hydrogen-bond donors (Lipinski definition) is 1. The average Bonchev–Trinajstić information content (AvgIpc) is 2.87. The first-order valence-corrected chi connectivity index (χ1v) is 6.91. The zero-order valence-corrected chi connectivity index (χ0v) is 11.2. The molecule has 0 unspecified atom stereocenters. The molecule has 0 bridgehead atoms. The minimum atomic E-state index is 0.605. The normalized spacial score (nSPS) is 16.7. The summed E-state index contributed by atoms with van der Waals surface area (Å²) in [5.74, 6) is 2.10. The Kier molecular flexibility index (Phi) is 3.60. The lowest BCUT2D eigenvalue weighted by Gasteiger charge is -2.22. The highest BCUT2D eigenvalue weighted by molar-refractivity contribution is 5.54. The second kappa shape index (κ2) is 5.53. The summed E-state index contributed by atoms with van der Waals surface area (Å²) in [6.45, 7) is 4.12. The molecule has 0 spiro atoms. The molecule has 2 aromatic rings. The molecular weight excluding hydrogens is 238 g/mol. The molecule has 0 radical (unpaired) electrons. The van der Waals surface area contributed by atoms with E-state index in [4.69, 9.17) is 4.52 Å². The van der Waals surface area contributed by atoms with Crippen molar-refractivity contribution in [3.05, 3.63) is 35.7 Å². The molecule has 4 heteroatoms. The highest BCUT2D eigenvalue weighted by Gasteiger charge is 2.13. The first-order valence-electron chi connectivity index (χ1n) is 6.91. The largest absolute Gasteiger partial charge is 0.339 e. The Hall–Kier alpha value is -1.68. The SMILES string of the molecule is Cc1nc(-c2ccc(CC3CCNCC3)cc2)no1. The fourth-order valence-corrected chi connectivity index (χ4v) is 2.63. The molecule has 0 amide bonds. The topological polar surface area (TPSA) is 51.0 Å². The van der Waals surface area contributed by atoms with Crippen LogP contribution in [0, 0.1) is 12.8 Å². The third-order valence-electron chi connectivity index (χ3n) is 3.72. The van der Waals surface area contributed by atoms with E-state index < -0.39 is 0 Å². The molecular formula is C15H19N3O. The molecule has 1 saturated heterocycles. The third-order valence-corrected chi connectivity index (χ3v) is 3.72. The summed E-state index contributed by atoms with van der Waals surface area (Å²) in [6, 6.07) is 8.54. The van der Waals surface area contributed by atoms with Gasteiger partial charge in [-0.05, 0) is 43.8 Å². The predicted octanol–water partition coefficient (Wildman–Crippen LogP) is 2.59. The van der Waals surface area contributed by atoms with Crippen molar-refractivity contribution in [1.82, 2.24) is 15.5 Å². The molecule has 1 aromatic carbocycles. The first-order chi connectivity index (χ1) is 9.31. The van der Waals surface area contributed by atoms with Gasteiger partial charge in [0, 0.05) is 12.5 Å². The van der Waals surface area contributed by atoms with Gasteiger partial charge in [-0.25, -0.2) is 0 Å². The minimum Gasteiger partial charge on any atom is -0.339 e. The van der Waals surface area contributed by atoms with E-state index in [9.17, 15) is 0 Å². The van der Waals surface area contributed by atoms with E-state index in [1.165, 1.54) is 24.8 Å². The minimum absolute atomic E-state index is 0.605. The Morgan fingerprint density at radius 3 is 2.58 bits per heavy atom. The lowest BCUT2D eigenvalue weighted by atomic mass is 9.91. The van der Waals surface area contributed by atoms with E-state index in [1.54, 1.807) is 0 Å². The van der Waals surface area contributed by atoms with Gasteiger partial charge in [0.2, 0.25) is 11.7 Å². The van der Waals surface area contributed by atoms with E-state index in [0.717, 1.165) is 24.6 Å². The average molecular weight is 257 g/mol. The van der Waals surface area contributed by atoms with E-state index >= 15 is 0 Å². The van der Waals surface area contributed by atoms with Crippen LogP contribution in [-0.4, -0.2) is 23.2 Å². The lowest BCUT2D eigenvalue weighted by molar-refractivity contribution is 0.372. The number of rotatable bonds is 3. The quantitative estimate of drug-likeness (QED) is 0.918. The summed E-state index contributed by atoms with van der Waals surface area (Å²) >= 11 is 0. The Morgan fingerprint density at radius 1 is 1.21 bits per heavy atom. The third kappa shape index (κ3) is 3.01. The van der Waals surface area contributed by atoms with Crippen LogP contribution in [0.1, 0.15) is 24.3 Å². The van der Waals surface area contributed by atoms with Crippen molar-refractivity contribution in [2.24, 2.45) is 5.92 Å². The maximum Gasteiger partial charge on any atom is 0.223 e. The molecule has 2 heterocycles. The van der Waals surface area contributed by atoms with Crippen LogP contribution in [0.15, 0.2) is 28.8 Å². The molecule has 4 nitrogen and oxygen atoms in total. The highest BCUT2D eigenvalue weighted by Crippen LogP contribution is 2.21. The number of hydrogen-bond acceptors (Lipinski definition) is 4. The van der Waals surface area contributed by atoms with Crippen LogP contribution >= 0.6 is 0 Å². The predicted molar refractivity (Wildman–Crippen MR) is 73.8 cm³/mol. The Balaban J connectivity index is 1.68. The molecule has 1 aromatic heterocycles. The van der Waals surface area contributed by atoms with Crippen molar-refractivity contribution in [2.45, 2.75) is 26.2 Å². The lowest BCUT2D eigenvalue weighted by Crippen LogP contribution is -2.28. The van der Waals surface area contributed by atoms with Gasteiger partial charge in [-0.3, -0.25) is 0 Å². The van der Waals surface area contributed by atoms with Gasteiger partial charge < -0.3 is 9.84 Å². The van der Waals surface area contributed by atoms with Crippen molar-refractivity contribution in [1.29, 1.82) is 0 Å². The van der Waals surface area contributed by atoms with Gasteiger partial charge in [0.1, 0.15) is 0 Å². The van der Waals surface area contributed by atoms with E-state index in [1.807, 2.05) is 6.92 Å². The first kappa shape index (κ1) is 12.4. The van der Waals surface area contributed by atoms with Crippen LogP contribution < -0.4 is 5.32 Å². The van der Waals surface area contributed by atoms with Gasteiger partial charge in [0.15, 0.2) is 0 Å². The van der Waals surface area contributed by atoms with Crippen LogP contribution in [0.2, 0.25) is 0 Å². The maximum absolute atomic E-state index is 5.00. The zero-order valence-electron chi connectivity index (χ0n) is 11.2. The Morgan fingerprint density at radius 2 is 1.95 bits per heavy atom. The molecule has 0 saturated carbocycles. The van der Waals surface area contributed by atoms with Gasteiger partial charge in [-0.1, -0.05) is 29.4 Å². The molecule has 19 heavy (non-hydrogen) atoms. The van der Waals surface area contributed by atoms with Crippen molar-refractivity contribution in [2.75, 3.05) is 13.1 Å². The molecule has 1 fully saturated rings. The van der Waals surface area contributed by atoms with Crippen LogP contribution in [0.4, 0.5) is 0 Å². The number of aryl methyl sites for hydroxylation is 1. The van der Waals surface area contributed by atoms with Crippen LogP contribution in [-0.2, 0) is 6.42 Å². The summed E-state index contributed by atoms with van der Waals surface area (Å²) in [5.41, 5.74) is 2.42. The molecule has 0 aliphatic carbocycles. The molecule has 100 valence electrons. The van der Waals surface area contributed by atoms with Crippen molar-refractivity contribution >= 4 is 0 Å². The maximum atomic E-state index is 5.00. The number of nitrogens with one attached hydrogen (secondary N) is 1. The molecule has 3 rings (SSSR count). The number of nitrogens with zero attached hydrogens (tertiary/aromatic N) is 2. The van der Waals surface area contributed by atoms with Crippen molar-refractivity contribution in [3.8, 4) is 11.4 Å². The molecule has 0 atom stereocenters. The Labute approximate surface area is 113 Å². The summed E-state index contributed by atoms with van der Waals surface area (Å²) < 4.78 is 5.00. The van der Waals surface area contributed by atoms with E-state index in [0.29, 0.717) is 11.7 Å². The van der Waals surface area contributed by atoms with Gasteiger partial charge >= 0.3 is 0 Å². The van der Waals surface area contributed by atoms with Crippen molar-refractivity contribution in [3.63, 3.8) is 0 Å². The number of piperidine rings is 1. The monoisotopic (exact) mass is 257 g/mol. The molecule has 1 N–H and O–H groups in total. The van der Waals surface area contributed by atoms with Crippen LogP contribution in [0.3, 0.4) is 0 Å². The smallest absolute Gasteiger partial charge is 0.223 e. The van der Waals surface area contributed by atoms with E-state index in [2.05, 4.69) is 39.7 Å². The molecule has 1 aliphatic rings. The zero-order chi connectivity index (χ0) is 13.1. The van der Waals surface area contributed by atoms with Crippen LogP contribution in [0.5, 0.6) is 0 Å². The number of aromatic nitrogens is 2. The fraction of sp³-hybridized carbons (Fsp3) is 0.467. The van der Waals surface area contributed by atoms with E-state index in [-0.39, 0.29) is 0 Å². The molecule has 1 aliphatic heterocycles. The van der Waals surface area contributed by atoms with Gasteiger partial charge in [-0.15, -0.1) is 0 Å². The second-order valence-corrected chi connectivity index (χ2v) is 5.23. The highest BCUT2D eigenvalue weighted by atomic mass is 16.5. The summed E-state index contributed by atoms with van der Waals surface area (Å²) in [5, 5.41) is 7.34. The van der Waals surface area contributed by atoms with Gasteiger partial charge in [0.25, 0.3) is 0 Å². The van der Waals surface area contributed by atoms with Gasteiger partial charge in [-0.2, -0.15) is 4.98 Å². The standard InChI is InChI=1S/C15H19N3O/c1-11-17-15(18-19-11)14-4-2-12(3-5-14)10-13-6-8-16-9-7-13/h2-5,13,16H,6-10H2,1H3. The summed E-state index contributed by atoms with van der Waals surface area (Å²) in [7, 11) is 0.